The molecular weight excluding hydrogens is 350 g/mol. The minimum atomic E-state index is -0.212. The Labute approximate surface area is 166 Å². The summed E-state index contributed by atoms with van der Waals surface area (Å²) in [6.45, 7) is 11.4. The molecule has 0 unspecified atom stereocenters. The molecule has 0 aliphatic carbocycles. The highest BCUT2D eigenvalue weighted by atomic mass is 16.5. The quantitative estimate of drug-likeness (QED) is 0.594. The van der Waals surface area contributed by atoms with Crippen molar-refractivity contribution >= 4 is 16.9 Å². The molecule has 0 spiro atoms. The Morgan fingerprint density at radius 1 is 1.29 bits per heavy atom. The van der Waals surface area contributed by atoms with Crippen molar-refractivity contribution in [2.75, 3.05) is 6.61 Å². The van der Waals surface area contributed by atoms with E-state index in [9.17, 15) is 4.79 Å². The van der Waals surface area contributed by atoms with Crippen LogP contribution in [0.25, 0.3) is 11.0 Å². The average Bonchev–Trinajstić information content (AvgIpc) is 3.03. The number of aromatic nitrogens is 2. The summed E-state index contributed by atoms with van der Waals surface area (Å²) in [7, 11) is 0. The van der Waals surface area contributed by atoms with Crippen LogP contribution in [-0.4, -0.2) is 22.1 Å². The van der Waals surface area contributed by atoms with E-state index in [-0.39, 0.29) is 5.91 Å². The van der Waals surface area contributed by atoms with Gasteiger partial charge in [-0.05, 0) is 48.2 Å². The van der Waals surface area contributed by atoms with Crippen LogP contribution >= 0.6 is 0 Å². The maximum Gasteiger partial charge on any atom is 0.243 e. The van der Waals surface area contributed by atoms with Crippen LogP contribution in [0.4, 0.5) is 0 Å². The summed E-state index contributed by atoms with van der Waals surface area (Å²) in [5.41, 5.74) is 4.32. The van der Waals surface area contributed by atoms with Crippen molar-refractivity contribution in [3.8, 4) is 5.75 Å². The van der Waals surface area contributed by atoms with Crippen molar-refractivity contribution in [3.63, 3.8) is 0 Å². The van der Waals surface area contributed by atoms with Gasteiger partial charge in [0.2, 0.25) is 5.91 Å². The number of benzene rings is 2. The van der Waals surface area contributed by atoms with Crippen LogP contribution < -0.4 is 10.1 Å². The van der Waals surface area contributed by atoms with Crippen molar-refractivity contribution in [2.45, 2.75) is 39.8 Å². The highest BCUT2D eigenvalue weighted by Crippen LogP contribution is 2.27. The molecule has 0 aliphatic heterocycles. The average molecular weight is 377 g/mol. The molecule has 0 aliphatic rings. The van der Waals surface area contributed by atoms with Gasteiger partial charge in [-0.15, -0.1) is 0 Å². The van der Waals surface area contributed by atoms with Crippen molar-refractivity contribution in [1.82, 2.24) is 14.9 Å². The highest BCUT2D eigenvalue weighted by Gasteiger charge is 2.12. The monoisotopic (exact) mass is 377 g/mol. The Balaban J connectivity index is 1.79. The van der Waals surface area contributed by atoms with E-state index in [1.54, 1.807) is 0 Å². The molecule has 0 bridgehead atoms. The molecular formula is C23H27N3O2. The van der Waals surface area contributed by atoms with Crippen molar-refractivity contribution in [1.29, 1.82) is 0 Å². The Morgan fingerprint density at radius 3 is 2.82 bits per heavy atom. The number of nitrogens with one attached hydrogen (secondary N) is 1. The molecule has 1 amide bonds. The van der Waals surface area contributed by atoms with Gasteiger partial charge in [0.1, 0.15) is 18.2 Å². The van der Waals surface area contributed by atoms with Crippen molar-refractivity contribution in [3.05, 3.63) is 72.1 Å². The molecule has 1 heterocycles. The third kappa shape index (κ3) is 4.42. The fraction of sp³-hybridized carbons (Fsp3) is 0.304. The van der Waals surface area contributed by atoms with Crippen molar-refractivity contribution in [2.24, 2.45) is 0 Å². The van der Waals surface area contributed by atoms with Crippen LogP contribution in [0.1, 0.15) is 36.7 Å². The van der Waals surface area contributed by atoms with Gasteiger partial charge in [-0.25, -0.2) is 4.98 Å². The minimum Gasteiger partial charge on any atom is -0.491 e. The SMILES string of the molecule is C=CC(=O)NCc1nc2ccccc2n1CCOc1cc(C)ccc1C(C)C. The van der Waals surface area contributed by atoms with E-state index >= 15 is 0 Å². The van der Waals surface area contributed by atoms with E-state index in [1.807, 2.05) is 24.3 Å². The van der Waals surface area contributed by atoms with Gasteiger partial charge in [0.15, 0.2) is 0 Å². The lowest BCUT2D eigenvalue weighted by Gasteiger charge is -2.16. The van der Waals surface area contributed by atoms with E-state index in [2.05, 4.69) is 60.4 Å². The molecule has 0 saturated heterocycles. The van der Waals surface area contributed by atoms with Gasteiger partial charge in [-0.2, -0.15) is 0 Å². The Kier molecular flexibility index (Phi) is 6.14. The first-order valence-corrected chi connectivity index (χ1v) is 9.57. The smallest absolute Gasteiger partial charge is 0.243 e. The Bertz CT molecular complexity index is 989. The third-order valence-electron chi connectivity index (χ3n) is 4.70. The van der Waals surface area contributed by atoms with Crippen LogP contribution in [0, 0.1) is 6.92 Å². The minimum absolute atomic E-state index is 0.212. The van der Waals surface area contributed by atoms with E-state index in [0.717, 1.165) is 22.6 Å². The molecule has 0 fully saturated rings. The van der Waals surface area contributed by atoms with E-state index in [4.69, 9.17) is 4.74 Å². The zero-order chi connectivity index (χ0) is 20.1. The predicted octanol–water partition coefficient (Wildman–Crippen LogP) is 4.35. The number of aryl methyl sites for hydroxylation is 1. The van der Waals surface area contributed by atoms with Gasteiger partial charge in [0.05, 0.1) is 24.1 Å². The summed E-state index contributed by atoms with van der Waals surface area (Å²) in [5.74, 6) is 1.92. The zero-order valence-electron chi connectivity index (χ0n) is 16.7. The van der Waals surface area contributed by atoms with Crippen LogP contribution in [0.3, 0.4) is 0 Å². The lowest BCUT2D eigenvalue weighted by atomic mass is 10.0. The molecule has 1 N–H and O–H groups in total. The first-order chi connectivity index (χ1) is 13.5. The maximum atomic E-state index is 11.6. The summed E-state index contributed by atoms with van der Waals surface area (Å²) < 4.78 is 8.25. The number of rotatable bonds is 8. The van der Waals surface area contributed by atoms with Gasteiger partial charge in [-0.1, -0.05) is 44.7 Å². The molecule has 28 heavy (non-hydrogen) atoms. The molecule has 0 radical (unpaired) electrons. The van der Waals surface area contributed by atoms with Gasteiger partial charge < -0.3 is 14.6 Å². The van der Waals surface area contributed by atoms with Crippen LogP contribution in [-0.2, 0) is 17.9 Å². The molecule has 3 rings (SSSR count). The van der Waals surface area contributed by atoms with Gasteiger partial charge in [0, 0.05) is 0 Å². The topological polar surface area (TPSA) is 56.2 Å². The Hall–Kier alpha value is -3.08. The summed E-state index contributed by atoms with van der Waals surface area (Å²) >= 11 is 0. The fourth-order valence-electron chi connectivity index (χ4n) is 3.24. The second-order valence-electron chi connectivity index (χ2n) is 7.13. The van der Waals surface area contributed by atoms with E-state index < -0.39 is 0 Å². The predicted molar refractivity (Wildman–Crippen MR) is 113 cm³/mol. The summed E-state index contributed by atoms with van der Waals surface area (Å²) in [4.78, 5) is 16.2. The standard InChI is InChI=1S/C23H27N3O2/c1-5-23(27)24-15-22-25-19-8-6-7-9-20(19)26(22)12-13-28-21-14-17(4)10-11-18(21)16(2)3/h5-11,14,16H,1,12-13,15H2,2-4H3,(H,24,27). The highest BCUT2D eigenvalue weighted by molar-refractivity contribution is 5.86. The van der Waals surface area contributed by atoms with Crippen LogP contribution in [0.5, 0.6) is 5.75 Å². The molecule has 146 valence electrons. The third-order valence-corrected chi connectivity index (χ3v) is 4.70. The molecule has 5 nitrogen and oxygen atoms in total. The normalized spacial score (nSPS) is 11.0. The number of nitrogens with zero attached hydrogens (tertiary/aromatic N) is 2. The largest absolute Gasteiger partial charge is 0.491 e. The van der Waals surface area contributed by atoms with Crippen molar-refractivity contribution < 1.29 is 9.53 Å². The number of carbonyl (C=O) groups excluding carboxylic acids is 1. The molecule has 2 aromatic carbocycles. The number of imidazole rings is 1. The summed E-state index contributed by atoms with van der Waals surface area (Å²) in [6.07, 6.45) is 1.27. The summed E-state index contributed by atoms with van der Waals surface area (Å²) in [5, 5.41) is 2.81. The zero-order valence-corrected chi connectivity index (χ0v) is 16.7. The Morgan fingerprint density at radius 2 is 2.07 bits per heavy atom. The number of ether oxygens (including phenoxy) is 1. The number of para-hydroxylation sites is 2. The summed E-state index contributed by atoms with van der Waals surface area (Å²) in [6, 6.07) is 14.3. The van der Waals surface area contributed by atoms with Gasteiger partial charge in [-0.3, -0.25) is 4.79 Å². The van der Waals surface area contributed by atoms with Crippen LogP contribution in [0.2, 0.25) is 0 Å². The van der Waals surface area contributed by atoms with Crippen LogP contribution in [0.15, 0.2) is 55.1 Å². The van der Waals surface area contributed by atoms with E-state index in [1.165, 1.54) is 17.2 Å². The number of carbonyl (C=O) groups is 1. The first-order valence-electron chi connectivity index (χ1n) is 9.57. The van der Waals surface area contributed by atoms with E-state index in [0.29, 0.717) is 25.6 Å². The maximum absolute atomic E-state index is 11.6. The number of hydrogen-bond donors (Lipinski definition) is 1. The lowest BCUT2D eigenvalue weighted by Crippen LogP contribution is -2.23. The molecule has 0 saturated carbocycles. The number of hydrogen-bond acceptors (Lipinski definition) is 3. The second-order valence-corrected chi connectivity index (χ2v) is 7.13. The molecule has 5 heteroatoms. The second kappa shape index (κ2) is 8.74. The molecule has 1 aromatic heterocycles. The lowest BCUT2D eigenvalue weighted by molar-refractivity contribution is -0.116. The number of fused-ring (bicyclic) bond motifs is 1. The van der Waals surface area contributed by atoms with Gasteiger partial charge >= 0.3 is 0 Å². The fourth-order valence-corrected chi connectivity index (χ4v) is 3.24. The van der Waals surface area contributed by atoms with Gasteiger partial charge in [0.25, 0.3) is 0 Å². The first kappa shape index (κ1) is 19.7. The molecule has 3 aromatic rings. The molecule has 0 atom stereocenters. The number of amides is 1.